The first-order valence-corrected chi connectivity index (χ1v) is 32.3. The van der Waals surface area contributed by atoms with Crippen LogP contribution in [0.4, 0.5) is 0 Å². The predicted molar refractivity (Wildman–Crippen MR) is 325 cm³/mol. The van der Waals surface area contributed by atoms with Gasteiger partial charge >= 0.3 is 25.7 Å². The Morgan fingerprint density at radius 2 is 0.667 bits per heavy atom. The van der Waals surface area contributed by atoms with Crippen LogP contribution < -0.4 is 0 Å². The number of phosphoric ester groups is 1. The maximum absolute atomic E-state index is 12.9. The van der Waals surface area contributed by atoms with Gasteiger partial charge in [0.1, 0.15) is 12.7 Å². The number of phosphoric acid groups is 1. The van der Waals surface area contributed by atoms with Crippen molar-refractivity contribution in [1.82, 2.24) is 0 Å². The summed E-state index contributed by atoms with van der Waals surface area (Å²) < 4.78 is 39.6. The molecule has 12 heteroatoms. The maximum Gasteiger partial charge on any atom is 0.472 e. The fraction of sp³-hybridized carbons (Fsp3) is 0.682. The average Bonchev–Trinajstić information content (AvgIpc) is 3.43. The Morgan fingerprint density at radius 3 is 1.06 bits per heavy atom. The summed E-state index contributed by atoms with van der Waals surface area (Å²) in [5.41, 5.74) is 0. The van der Waals surface area contributed by atoms with Crippen LogP contribution in [0.3, 0.4) is 0 Å². The zero-order chi connectivity index (χ0) is 56.9. The molecule has 0 rings (SSSR count). The number of esters is 3. The van der Waals surface area contributed by atoms with E-state index in [0.29, 0.717) is 19.3 Å². The number of aliphatic hydroxyl groups excluding tert-OH is 1. The van der Waals surface area contributed by atoms with Crippen molar-refractivity contribution in [3.8, 4) is 0 Å². The molecule has 0 saturated heterocycles. The monoisotopic (exact) mass is 1110 g/mol. The second-order valence-electron chi connectivity index (χ2n) is 20.1. The Morgan fingerprint density at radius 1 is 0.372 bits per heavy atom. The minimum absolute atomic E-state index is 0.119. The molecule has 0 aliphatic heterocycles. The molecule has 0 radical (unpaired) electrons. The van der Waals surface area contributed by atoms with Crippen molar-refractivity contribution < 1.29 is 52.2 Å². The SMILES string of the molecule is CC/C=C\C/C=C\C/C=C\C/C=C\CCCCCCCCC(=O)OCC(COP(=O)(O)OCC(CO)OC(=O)CCCC/C=C\C/C=C\C/C=C\C/C=C\CC)OC(=O)CCCCCCCCC/C=C\CCCCCCCC. The minimum Gasteiger partial charge on any atom is -0.462 e. The highest BCUT2D eigenvalue weighted by Crippen LogP contribution is 2.43. The van der Waals surface area contributed by atoms with E-state index in [1.54, 1.807) is 0 Å². The first kappa shape index (κ1) is 74.1. The Balaban J connectivity index is 4.79. The number of carbonyl (C=O) groups excluding carboxylic acids is 3. The quantitative estimate of drug-likeness (QED) is 0.0197. The van der Waals surface area contributed by atoms with Crippen LogP contribution in [-0.4, -0.2) is 66.5 Å². The molecule has 11 nitrogen and oxygen atoms in total. The van der Waals surface area contributed by atoms with E-state index in [4.69, 9.17) is 23.3 Å². The summed E-state index contributed by atoms with van der Waals surface area (Å²) in [6.45, 7) is 4.36. The smallest absolute Gasteiger partial charge is 0.462 e. The normalized spacial score (nSPS) is 14.1. The summed E-state index contributed by atoms with van der Waals surface area (Å²) in [4.78, 5) is 48.7. The summed E-state index contributed by atoms with van der Waals surface area (Å²) in [5.74, 6) is -1.53. The molecule has 0 heterocycles. The Bertz CT molecular complexity index is 1720. The molecule has 2 N–H and O–H groups in total. The van der Waals surface area contributed by atoms with Crippen molar-refractivity contribution in [3.63, 3.8) is 0 Å². The average molecular weight is 1110 g/mol. The third-order valence-electron chi connectivity index (χ3n) is 12.7. The summed E-state index contributed by atoms with van der Waals surface area (Å²) in [6, 6.07) is 0. The number of hydrogen-bond acceptors (Lipinski definition) is 10. The van der Waals surface area contributed by atoms with Crippen LogP contribution in [0.25, 0.3) is 0 Å². The Hall–Kier alpha value is -3.86. The number of carbonyl (C=O) groups is 3. The van der Waals surface area contributed by atoms with Crippen LogP contribution in [-0.2, 0) is 42.2 Å². The van der Waals surface area contributed by atoms with Gasteiger partial charge in [0.2, 0.25) is 0 Å². The van der Waals surface area contributed by atoms with Crippen molar-refractivity contribution in [3.05, 3.63) is 109 Å². The highest BCUT2D eigenvalue weighted by Gasteiger charge is 2.28. The van der Waals surface area contributed by atoms with Gasteiger partial charge < -0.3 is 24.2 Å². The lowest BCUT2D eigenvalue weighted by molar-refractivity contribution is -0.161. The van der Waals surface area contributed by atoms with Crippen molar-refractivity contribution >= 4 is 25.7 Å². The van der Waals surface area contributed by atoms with E-state index in [-0.39, 0.29) is 25.9 Å². The van der Waals surface area contributed by atoms with Crippen molar-refractivity contribution in [1.29, 1.82) is 0 Å². The van der Waals surface area contributed by atoms with Crippen molar-refractivity contribution in [2.24, 2.45) is 0 Å². The third kappa shape index (κ3) is 56.8. The fourth-order valence-corrected chi connectivity index (χ4v) is 8.82. The van der Waals surface area contributed by atoms with Gasteiger partial charge in [0.05, 0.1) is 19.8 Å². The molecule has 0 aliphatic rings. The second kappa shape index (κ2) is 59.3. The van der Waals surface area contributed by atoms with Gasteiger partial charge in [0.25, 0.3) is 0 Å². The molecule has 0 amide bonds. The van der Waals surface area contributed by atoms with Gasteiger partial charge in [0, 0.05) is 19.3 Å². The van der Waals surface area contributed by atoms with Gasteiger partial charge in [-0.15, -0.1) is 0 Å². The summed E-state index contributed by atoms with van der Waals surface area (Å²) in [6.07, 6.45) is 71.8. The number of rotatable bonds is 56. The molecule has 3 atom stereocenters. The molecule has 446 valence electrons. The molecule has 0 saturated carbocycles. The van der Waals surface area contributed by atoms with Gasteiger partial charge in [-0.25, -0.2) is 4.57 Å². The number of ether oxygens (including phenoxy) is 3. The van der Waals surface area contributed by atoms with E-state index in [2.05, 4.69) is 130 Å². The minimum atomic E-state index is -4.77. The Labute approximate surface area is 475 Å². The van der Waals surface area contributed by atoms with Gasteiger partial charge in [-0.3, -0.25) is 23.4 Å². The lowest BCUT2D eigenvalue weighted by Crippen LogP contribution is -2.30. The van der Waals surface area contributed by atoms with Crippen LogP contribution in [0.1, 0.15) is 252 Å². The Kier molecular flexibility index (Phi) is 56.3. The molecule has 0 aromatic carbocycles. The molecule has 0 aliphatic carbocycles. The van der Waals surface area contributed by atoms with E-state index < -0.39 is 57.8 Å². The molecular formula is C66H111O11P. The van der Waals surface area contributed by atoms with Crippen LogP contribution in [0.2, 0.25) is 0 Å². The highest BCUT2D eigenvalue weighted by atomic mass is 31.2. The standard InChI is InChI=1S/C66H111O11P/c1-4-7-10-13-16-19-22-25-28-30-31-33-35-37-40-43-46-49-52-55-64(68)73-59-63(77-66(70)57-54-51-48-45-42-39-36-32-29-26-23-20-17-14-11-8-5-2)61-75-78(71,72)74-60-62(58-67)76-65(69)56-53-50-47-44-41-38-34-27-24-21-18-15-12-9-6-3/h7,9-10,12,16,18-19,21,25-29,31,33-34,41,44,62-63,67H,4-6,8,11,13-15,17,20,22-24,30,32,35-40,42-43,45-61H2,1-3H3,(H,71,72)/b10-7-,12-9-,19-16-,21-18-,28-25-,29-26-,33-31-,34-27-,44-41-. The largest absolute Gasteiger partial charge is 0.472 e. The van der Waals surface area contributed by atoms with E-state index >= 15 is 0 Å². The van der Waals surface area contributed by atoms with Crippen LogP contribution in [0.5, 0.6) is 0 Å². The molecule has 78 heavy (non-hydrogen) atoms. The molecule has 0 aromatic rings. The first-order valence-electron chi connectivity index (χ1n) is 30.8. The lowest BCUT2D eigenvalue weighted by atomic mass is 10.1. The van der Waals surface area contributed by atoms with Crippen LogP contribution in [0.15, 0.2) is 109 Å². The van der Waals surface area contributed by atoms with E-state index in [0.717, 1.165) is 135 Å². The zero-order valence-electron chi connectivity index (χ0n) is 49.3. The highest BCUT2D eigenvalue weighted by molar-refractivity contribution is 7.47. The predicted octanol–water partition coefficient (Wildman–Crippen LogP) is 18.6. The van der Waals surface area contributed by atoms with E-state index in [9.17, 15) is 28.9 Å². The molecule has 3 unspecified atom stereocenters. The fourth-order valence-electron chi connectivity index (χ4n) is 8.04. The topological polar surface area (TPSA) is 155 Å². The number of aliphatic hydroxyl groups is 1. The van der Waals surface area contributed by atoms with Crippen molar-refractivity contribution in [2.75, 3.05) is 26.4 Å². The molecule has 0 fully saturated rings. The summed E-state index contributed by atoms with van der Waals surface area (Å²) >= 11 is 0. The van der Waals surface area contributed by atoms with Gasteiger partial charge in [-0.1, -0.05) is 220 Å². The van der Waals surface area contributed by atoms with E-state index in [1.165, 1.54) is 57.8 Å². The van der Waals surface area contributed by atoms with Crippen LogP contribution >= 0.6 is 7.82 Å². The van der Waals surface area contributed by atoms with Gasteiger partial charge in [0.15, 0.2) is 6.10 Å². The molecule has 0 bridgehead atoms. The number of hydrogen-bond donors (Lipinski definition) is 2. The van der Waals surface area contributed by atoms with Gasteiger partial charge in [-0.2, -0.15) is 0 Å². The van der Waals surface area contributed by atoms with Crippen molar-refractivity contribution in [2.45, 2.75) is 264 Å². The zero-order valence-corrected chi connectivity index (χ0v) is 50.2. The molecule has 0 aromatic heterocycles. The molecular weight excluding hydrogens is 1000 g/mol. The van der Waals surface area contributed by atoms with E-state index in [1.807, 2.05) is 0 Å². The summed E-state index contributed by atoms with van der Waals surface area (Å²) in [5, 5.41) is 9.83. The number of allylic oxidation sites excluding steroid dienone is 18. The first-order chi connectivity index (χ1) is 38.2. The molecule has 0 spiro atoms. The maximum atomic E-state index is 12.9. The second-order valence-corrected chi connectivity index (χ2v) is 21.6. The number of unbranched alkanes of at least 4 members (excludes halogenated alkanes) is 21. The van der Waals surface area contributed by atoms with Crippen LogP contribution in [0, 0.1) is 0 Å². The van der Waals surface area contributed by atoms with Gasteiger partial charge in [-0.05, 0) is 122 Å². The summed E-state index contributed by atoms with van der Waals surface area (Å²) in [7, 11) is -4.77. The third-order valence-corrected chi connectivity index (χ3v) is 13.6. The lowest BCUT2D eigenvalue weighted by Gasteiger charge is -2.21.